The van der Waals surface area contributed by atoms with E-state index in [1.54, 1.807) is 25.2 Å². The Morgan fingerprint density at radius 1 is 1.17 bits per heavy atom. The van der Waals surface area contributed by atoms with Gasteiger partial charge in [0.1, 0.15) is 0 Å². The number of nitro groups is 1. The van der Waals surface area contributed by atoms with Gasteiger partial charge < -0.3 is 0 Å². The van der Waals surface area contributed by atoms with Gasteiger partial charge >= 0.3 is 0 Å². The quantitative estimate of drug-likeness (QED) is 0.533. The first kappa shape index (κ1) is 15.1. The molecule has 0 aliphatic rings. The maximum absolute atomic E-state index is 12.5. The topological polar surface area (TPSA) is 108 Å². The number of benzene rings is 2. The van der Waals surface area contributed by atoms with Gasteiger partial charge in [-0.1, -0.05) is 23.4 Å². The monoisotopic (exact) mass is 332 g/mol. The van der Waals surface area contributed by atoms with E-state index in [2.05, 4.69) is 10.3 Å². The number of aromatic nitrogens is 3. The number of non-ortho nitro benzene ring substituents is 1. The fraction of sp³-hybridized carbons (Fsp3) is 0.143. The van der Waals surface area contributed by atoms with Gasteiger partial charge in [0, 0.05) is 13.1 Å². The van der Waals surface area contributed by atoms with Crippen LogP contribution < -0.4 is 0 Å². The van der Waals surface area contributed by atoms with Crippen LogP contribution in [0, 0.1) is 10.1 Å². The van der Waals surface area contributed by atoms with Crippen molar-refractivity contribution in [3.8, 4) is 0 Å². The van der Waals surface area contributed by atoms with Crippen LogP contribution in [-0.2, 0) is 22.6 Å². The average molecular weight is 332 g/mol. The number of sulfone groups is 1. The molecule has 0 aliphatic heterocycles. The van der Waals surface area contributed by atoms with Crippen LogP contribution in [0.1, 0.15) is 5.56 Å². The van der Waals surface area contributed by atoms with Gasteiger partial charge in [-0.15, -0.1) is 5.10 Å². The Kier molecular flexibility index (Phi) is 3.57. The molecule has 8 nitrogen and oxygen atoms in total. The highest BCUT2D eigenvalue weighted by molar-refractivity contribution is 7.90. The second kappa shape index (κ2) is 5.43. The maximum Gasteiger partial charge on any atom is 0.299 e. The van der Waals surface area contributed by atoms with Crippen molar-refractivity contribution in [3.63, 3.8) is 0 Å². The van der Waals surface area contributed by atoms with E-state index in [-0.39, 0.29) is 21.9 Å². The summed E-state index contributed by atoms with van der Waals surface area (Å²) in [6, 6.07) is 10.7. The minimum absolute atomic E-state index is 0.0817. The molecule has 0 saturated heterocycles. The lowest BCUT2D eigenvalue weighted by Crippen LogP contribution is -2.07. The molecule has 0 radical (unpaired) electrons. The van der Waals surface area contributed by atoms with Gasteiger partial charge in [-0.05, 0) is 23.8 Å². The predicted octanol–water partition coefficient (Wildman–Crippen LogP) is 1.85. The molecule has 0 amide bonds. The lowest BCUT2D eigenvalue weighted by molar-refractivity contribution is -0.383. The number of aryl methyl sites for hydroxylation is 1. The summed E-state index contributed by atoms with van der Waals surface area (Å²) in [4.78, 5) is 10.7. The van der Waals surface area contributed by atoms with Crippen molar-refractivity contribution in [2.24, 2.45) is 7.05 Å². The smallest absolute Gasteiger partial charge is 0.258 e. The van der Waals surface area contributed by atoms with Crippen molar-refractivity contribution < 1.29 is 13.3 Å². The third-order valence-electron chi connectivity index (χ3n) is 3.46. The third kappa shape index (κ3) is 2.66. The maximum atomic E-state index is 12.5. The van der Waals surface area contributed by atoms with E-state index in [0.29, 0.717) is 11.1 Å². The van der Waals surface area contributed by atoms with E-state index in [1.807, 2.05) is 0 Å². The van der Waals surface area contributed by atoms with E-state index in [0.717, 1.165) is 0 Å². The van der Waals surface area contributed by atoms with Crippen LogP contribution in [0.25, 0.3) is 11.0 Å². The molecule has 1 heterocycles. The second-order valence-corrected chi connectivity index (χ2v) is 6.97. The van der Waals surface area contributed by atoms with Crippen LogP contribution in [0.5, 0.6) is 0 Å². The van der Waals surface area contributed by atoms with E-state index in [1.165, 1.54) is 28.9 Å². The molecule has 1 aromatic heterocycles. The van der Waals surface area contributed by atoms with Gasteiger partial charge in [0.05, 0.1) is 21.1 Å². The molecule has 3 rings (SSSR count). The first-order valence-corrected chi connectivity index (χ1v) is 8.29. The zero-order valence-electron chi connectivity index (χ0n) is 12.1. The fourth-order valence-corrected chi connectivity index (χ4v) is 3.79. The molecule has 118 valence electrons. The van der Waals surface area contributed by atoms with E-state index < -0.39 is 14.8 Å². The molecule has 0 fully saturated rings. The molecule has 0 N–H and O–H groups in total. The van der Waals surface area contributed by atoms with Crippen LogP contribution in [0.3, 0.4) is 0 Å². The van der Waals surface area contributed by atoms with Crippen LogP contribution in [0.15, 0.2) is 47.4 Å². The fourth-order valence-electron chi connectivity index (χ4n) is 2.41. The molecule has 0 atom stereocenters. The molecule has 0 saturated carbocycles. The zero-order chi connectivity index (χ0) is 16.6. The lowest BCUT2D eigenvalue weighted by atomic mass is 10.2. The summed E-state index contributed by atoms with van der Waals surface area (Å²) in [7, 11) is -2.00. The molecule has 9 heteroatoms. The molecule has 3 aromatic rings. The van der Waals surface area contributed by atoms with Crippen molar-refractivity contribution in [2.75, 3.05) is 0 Å². The van der Waals surface area contributed by atoms with E-state index >= 15 is 0 Å². The Morgan fingerprint density at radius 3 is 2.52 bits per heavy atom. The summed E-state index contributed by atoms with van der Waals surface area (Å²) in [5, 5.41) is 18.6. The van der Waals surface area contributed by atoms with Gasteiger partial charge in [0.15, 0.2) is 15.4 Å². The summed E-state index contributed by atoms with van der Waals surface area (Å²) >= 11 is 0. The summed E-state index contributed by atoms with van der Waals surface area (Å²) in [5.74, 6) is -0.285. The summed E-state index contributed by atoms with van der Waals surface area (Å²) in [6.07, 6.45) is 0. The van der Waals surface area contributed by atoms with E-state index in [9.17, 15) is 18.5 Å². The van der Waals surface area contributed by atoms with Gasteiger partial charge in [-0.3, -0.25) is 10.1 Å². The van der Waals surface area contributed by atoms with Crippen LogP contribution >= 0.6 is 0 Å². The Hall–Kier alpha value is -2.81. The van der Waals surface area contributed by atoms with Gasteiger partial charge in [-0.25, -0.2) is 13.1 Å². The van der Waals surface area contributed by atoms with Gasteiger partial charge in [-0.2, -0.15) is 0 Å². The van der Waals surface area contributed by atoms with Crippen molar-refractivity contribution in [1.29, 1.82) is 0 Å². The highest BCUT2D eigenvalue weighted by Crippen LogP contribution is 2.28. The number of hydrogen-bond acceptors (Lipinski definition) is 6. The lowest BCUT2D eigenvalue weighted by Gasteiger charge is -2.06. The minimum Gasteiger partial charge on any atom is -0.258 e. The molecule has 0 aliphatic carbocycles. The van der Waals surface area contributed by atoms with Gasteiger partial charge in [0.25, 0.3) is 5.69 Å². The highest BCUT2D eigenvalue weighted by atomic mass is 32.2. The van der Waals surface area contributed by atoms with Crippen molar-refractivity contribution in [3.05, 3.63) is 58.1 Å². The Labute approximate surface area is 131 Å². The number of nitro benzene ring substituents is 1. The first-order chi connectivity index (χ1) is 10.9. The number of hydrogen-bond donors (Lipinski definition) is 0. The first-order valence-electron chi connectivity index (χ1n) is 6.63. The number of rotatable bonds is 4. The molecule has 0 unspecified atom stereocenters. The molecular weight excluding hydrogens is 320 g/mol. The summed E-state index contributed by atoms with van der Waals surface area (Å²) in [6.45, 7) is 0. The standard InChI is InChI=1S/C14H12N4O4S/c1-17-14-10(7-8-12(18(19)20)13(14)15-16-17)9-23(21,22)11-5-3-2-4-6-11/h2-8H,9H2,1H3. The normalized spacial score (nSPS) is 11.7. The Morgan fingerprint density at radius 2 is 1.87 bits per heavy atom. The Balaban J connectivity index is 2.13. The minimum atomic E-state index is -3.57. The summed E-state index contributed by atoms with van der Waals surface area (Å²) in [5.41, 5.74) is 0.646. The largest absolute Gasteiger partial charge is 0.299 e. The predicted molar refractivity (Wildman–Crippen MR) is 82.5 cm³/mol. The molecule has 0 bridgehead atoms. The van der Waals surface area contributed by atoms with Crippen molar-refractivity contribution in [2.45, 2.75) is 10.6 Å². The molecule has 23 heavy (non-hydrogen) atoms. The zero-order valence-corrected chi connectivity index (χ0v) is 12.9. The van der Waals surface area contributed by atoms with Crippen LogP contribution in [0.4, 0.5) is 5.69 Å². The molecular formula is C14H12N4O4S. The van der Waals surface area contributed by atoms with Crippen molar-refractivity contribution in [1.82, 2.24) is 15.0 Å². The van der Waals surface area contributed by atoms with Crippen LogP contribution in [-0.4, -0.2) is 28.3 Å². The van der Waals surface area contributed by atoms with Gasteiger partial charge in [0.2, 0.25) is 0 Å². The number of fused-ring (bicyclic) bond motifs is 1. The SMILES string of the molecule is Cn1nnc2c([N+](=O)[O-])ccc(CS(=O)(=O)c3ccccc3)c21. The highest BCUT2D eigenvalue weighted by Gasteiger charge is 2.23. The Bertz CT molecular complexity index is 996. The average Bonchev–Trinajstić information content (AvgIpc) is 2.90. The third-order valence-corrected chi connectivity index (χ3v) is 5.14. The molecule has 0 spiro atoms. The van der Waals surface area contributed by atoms with Crippen LogP contribution in [0.2, 0.25) is 0 Å². The second-order valence-electron chi connectivity index (χ2n) is 4.98. The van der Waals surface area contributed by atoms with E-state index in [4.69, 9.17) is 0 Å². The number of nitrogens with zero attached hydrogens (tertiary/aromatic N) is 4. The van der Waals surface area contributed by atoms with Crippen molar-refractivity contribution >= 4 is 26.6 Å². The molecule has 2 aromatic carbocycles. The summed E-state index contributed by atoms with van der Waals surface area (Å²) < 4.78 is 26.4.